The summed E-state index contributed by atoms with van der Waals surface area (Å²) in [5.74, 6) is -0.355. The quantitative estimate of drug-likeness (QED) is 0.671. The highest BCUT2D eigenvalue weighted by molar-refractivity contribution is 7.89. The van der Waals surface area contributed by atoms with Crippen LogP contribution in [0.5, 0.6) is 5.75 Å². The molecule has 2 rings (SSSR count). The zero-order valence-corrected chi connectivity index (χ0v) is 13.3. The average Bonchev–Trinajstić information content (AvgIpc) is 2.48. The van der Waals surface area contributed by atoms with E-state index >= 15 is 0 Å². The molecule has 0 saturated carbocycles. The van der Waals surface area contributed by atoms with Gasteiger partial charge in [0.25, 0.3) is 0 Å². The molecule has 0 amide bonds. The molecule has 0 aromatic heterocycles. The second kappa shape index (κ2) is 6.91. The number of esters is 1. The summed E-state index contributed by atoms with van der Waals surface area (Å²) >= 11 is 5.83. The maximum Gasteiger partial charge on any atom is 0.326 e. The van der Waals surface area contributed by atoms with Crippen LogP contribution in [-0.2, 0) is 14.8 Å². The van der Waals surface area contributed by atoms with Crippen molar-refractivity contribution in [2.45, 2.75) is 11.8 Å². The fourth-order valence-electron chi connectivity index (χ4n) is 1.67. The molecule has 1 N–H and O–H groups in total. The van der Waals surface area contributed by atoms with Crippen molar-refractivity contribution >= 4 is 27.6 Å². The molecule has 2 aromatic rings. The largest absolute Gasteiger partial charge is 0.426 e. The lowest BCUT2D eigenvalue weighted by atomic mass is 10.2. The van der Waals surface area contributed by atoms with Gasteiger partial charge in [-0.15, -0.1) is 0 Å². The summed E-state index contributed by atoms with van der Waals surface area (Å²) in [5, 5.41) is 0.0851. The first-order valence-corrected chi connectivity index (χ1v) is 8.26. The number of sulfonamides is 1. The van der Waals surface area contributed by atoms with E-state index in [1.165, 1.54) is 12.1 Å². The van der Waals surface area contributed by atoms with Gasteiger partial charge in [-0.25, -0.2) is 8.42 Å². The van der Waals surface area contributed by atoms with E-state index in [-0.39, 0.29) is 9.92 Å². The molecule has 0 radical (unpaired) electrons. The Kier molecular flexibility index (Phi) is 5.18. The van der Waals surface area contributed by atoms with Gasteiger partial charge >= 0.3 is 5.97 Å². The molecule has 5 nitrogen and oxygen atoms in total. The minimum Gasteiger partial charge on any atom is -0.426 e. The van der Waals surface area contributed by atoms with Gasteiger partial charge in [0.1, 0.15) is 17.2 Å². The first-order chi connectivity index (χ1) is 10.4. The topological polar surface area (TPSA) is 72.5 Å². The molecule has 0 aliphatic carbocycles. The molecule has 7 heteroatoms. The number of hydrogen-bond acceptors (Lipinski definition) is 4. The summed E-state index contributed by atoms with van der Waals surface area (Å²) in [5.41, 5.74) is 1.03. The minimum atomic E-state index is -3.87. The highest BCUT2D eigenvalue weighted by Crippen LogP contribution is 2.20. The molecular weight excluding hydrogens is 326 g/mol. The van der Waals surface area contributed by atoms with Gasteiger partial charge in [-0.1, -0.05) is 41.4 Å². The third kappa shape index (κ3) is 4.30. The molecule has 0 atom stereocenters. The Labute approximate surface area is 133 Å². The fourth-order valence-corrected chi connectivity index (χ4v) is 3.15. The number of benzene rings is 2. The number of halogens is 1. The third-order valence-corrected chi connectivity index (χ3v) is 4.69. The minimum absolute atomic E-state index is 0.0835. The Balaban J connectivity index is 1.98. The summed E-state index contributed by atoms with van der Waals surface area (Å²) in [6.07, 6.45) is 0. The molecule has 0 bridgehead atoms. The standard InChI is InChI=1S/C15H14ClNO4S/c1-11-6-8-12(9-7-11)21-15(18)10-17-22(19,20)14-5-3-2-4-13(14)16/h2-9,17H,10H2,1H3. The monoisotopic (exact) mass is 339 g/mol. The van der Waals surface area contributed by atoms with Gasteiger partial charge < -0.3 is 4.74 Å². The van der Waals surface area contributed by atoms with E-state index in [0.29, 0.717) is 5.75 Å². The van der Waals surface area contributed by atoms with Gasteiger partial charge in [0.05, 0.1) is 5.02 Å². The number of aryl methyl sites for hydroxylation is 1. The normalized spacial score (nSPS) is 11.2. The molecule has 0 fully saturated rings. The molecule has 22 heavy (non-hydrogen) atoms. The number of hydrogen-bond donors (Lipinski definition) is 1. The van der Waals surface area contributed by atoms with Crippen molar-refractivity contribution in [3.05, 3.63) is 59.1 Å². The molecule has 0 unspecified atom stereocenters. The number of nitrogens with one attached hydrogen (secondary N) is 1. The smallest absolute Gasteiger partial charge is 0.326 e. The van der Waals surface area contributed by atoms with Crippen molar-refractivity contribution < 1.29 is 17.9 Å². The molecule has 0 spiro atoms. The van der Waals surface area contributed by atoms with E-state index in [9.17, 15) is 13.2 Å². The van der Waals surface area contributed by atoms with E-state index in [1.54, 1.807) is 36.4 Å². The van der Waals surface area contributed by atoms with Crippen molar-refractivity contribution in [3.8, 4) is 5.75 Å². The summed E-state index contributed by atoms with van der Waals surface area (Å²) < 4.78 is 31.3. The number of ether oxygens (including phenoxy) is 1. The number of rotatable bonds is 5. The van der Waals surface area contributed by atoms with Crippen molar-refractivity contribution in [1.29, 1.82) is 0 Å². The van der Waals surface area contributed by atoms with Crippen LogP contribution in [0.15, 0.2) is 53.4 Å². The van der Waals surface area contributed by atoms with Gasteiger partial charge in [-0.3, -0.25) is 4.79 Å². The second-order valence-electron chi connectivity index (χ2n) is 4.54. The summed E-state index contributed by atoms with van der Waals surface area (Å²) in [6, 6.07) is 12.8. The lowest BCUT2D eigenvalue weighted by Gasteiger charge is -2.08. The van der Waals surface area contributed by atoms with E-state index in [0.717, 1.165) is 5.56 Å². The van der Waals surface area contributed by atoms with Crippen LogP contribution in [0.25, 0.3) is 0 Å². The predicted octanol–water partition coefficient (Wildman–Crippen LogP) is 2.53. The SMILES string of the molecule is Cc1ccc(OC(=O)CNS(=O)(=O)c2ccccc2Cl)cc1. The van der Waals surface area contributed by atoms with Crippen molar-refractivity contribution in [2.75, 3.05) is 6.54 Å². The highest BCUT2D eigenvalue weighted by atomic mass is 35.5. The first-order valence-electron chi connectivity index (χ1n) is 6.40. The Hall–Kier alpha value is -1.89. The van der Waals surface area contributed by atoms with Gasteiger partial charge in [-0.05, 0) is 31.2 Å². The highest BCUT2D eigenvalue weighted by Gasteiger charge is 2.18. The molecule has 0 heterocycles. The molecular formula is C15H14ClNO4S. The number of carbonyl (C=O) groups excluding carboxylic acids is 1. The lowest BCUT2D eigenvalue weighted by Crippen LogP contribution is -2.32. The van der Waals surface area contributed by atoms with E-state index < -0.39 is 22.5 Å². The van der Waals surface area contributed by atoms with E-state index in [4.69, 9.17) is 16.3 Å². The van der Waals surface area contributed by atoms with Crippen molar-refractivity contribution in [1.82, 2.24) is 4.72 Å². The first kappa shape index (κ1) is 16.5. The molecule has 116 valence electrons. The second-order valence-corrected chi connectivity index (χ2v) is 6.68. The predicted molar refractivity (Wildman–Crippen MR) is 83.5 cm³/mol. The van der Waals surface area contributed by atoms with Crippen LogP contribution in [0.4, 0.5) is 0 Å². The Morgan fingerprint density at radius 2 is 1.77 bits per heavy atom. The third-order valence-electron chi connectivity index (χ3n) is 2.79. The molecule has 0 aliphatic heterocycles. The van der Waals surface area contributed by atoms with Crippen molar-refractivity contribution in [2.24, 2.45) is 0 Å². The van der Waals surface area contributed by atoms with E-state index in [1.807, 2.05) is 6.92 Å². The maximum absolute atomic E-state index is 12.1. The zero-order valence-electron chi connectivity index (χ0n) is 11.7. The van der Waals surface area contributed by atoms with Crippen LogP contribution in [0.1, 0.15) is 5.56 Å². The van der Waals surface area contributed by atoms with Crippen LogP contribution in [0, 0.1) is 6.92 Å². The fraction of sp³-hybridized carbons (Fsp3) is 0.133. The molecule has 0 aliphatic rings. The van der Waals surface area contributed by atoms with Crippen LogP contribution in [0.3, 0.4) is 0 Å². The zero-order chi connectivity index (χ0) is 16.2. The summed E-state index contributed by atoms with van der Waals surface area (Å²) in [7, 11) is -3.87. The van der Waals surface area contributed by atoms with Crippen LogP contribution in [0.2, 0.25) is 5.02 Å². The number of carbonyl (C=O) groups is 1. The van der Waals surface area contributed by atoms with Gasteiger partial charge in [0.15, 0.2) is 0 Å². The van der Waals surface area contributed by atoms with Crippen LogP contribution < -0.4 is 9.46 Å². The Morgan fingerprint density at radius 1 is 1.14 bits per heavy atom. The van der Waals surface area contributed by atoms with Gasteiger partial charge in [0.2, 0.25) is 10.0 Å². The van der Waals surface area contributed by atoms with Crippen LogP contribution >= 0.6 is 11.6 Å². The van der Waals surface area contributed by atoms with Gasteiger partial charge in [-0.2, -0.15) is 4.72 Å². The Morgan fingerprint density at radius 3 is 2.41 bits per heavy atom. The average molecular weight is 340 g/mol. The Bertz CT molecular complexity index is 772. The molecule has 0 saturated heterocycles. The van der Waals surface area contributed by atoms with Gasteiger partial charge in [0, 0.05) is 0 Å². The van der Waals surface area contributed by atoms with Crippen LogP contribution in [-0.4, -0.2) is 20.9 Å². The van der Waals surface area contributed by atoms with E-state index in [2.05, 4.69) is 4.72 Å². The van der Waals surface area contributed by atoms with Crippen molar-refractivity contribution in [3.63, 3.8) is 0 Å². The summed E-state index contributed by atoms with van der Waals surface area (Å²) in [4.78, 5) is 11.6. The molecule has 2 aromatic carbocycles. The lowest BCUT2D eigenvalue weighted by molar-refractivity contribution is -0.133. The summed E-state index contributed by atoms with van der Waals surface area (Å²) in [6.45, 7) is 1.42. The maximum atomic E-state index is 12.1.